The fourth-order valence-corrected chi connectivity index (χ4v) is 3.07. The number of benzene rings is 1. The molecule has 2 rings (SSSR count). The van der Waals surface area contributed by atoms with E-state index in [-0.39, 0.29) is 0 Å². The Morgan fingerprint density at radius 3 is 2.56 bits per heavy atom. The van der Waals surface area contributed by atoms with Crippen molar-refractivity contribution in [1.82, 2.24) is 5.32 Å². The molecule has 1 fully saturated rings. The third-order valence-corrected chi connectivity index (χ3v) is 4.61. The molecule has 1 aliphatic carbocycles. The van der Waals surface area contributed by atoms with Gasteiger partial charge in [0, 0.05) is 10.5 Å². The second-order valence-corrected chi connectivity index (χ2v) is 5.67. The van der Waals surface area contributed by atoms with Gasteiger partial charge in [-0.15, -0.1) is 0 Å². The second kappa shape index (κ2) is 5.33. The van der Waals surface area contributed by atoms with Gasteiger partial charge in [0.05, 0.1) is 0 Å². The average molecular weight is 282 g/mol. The Labute approximate surface area is 107 Å². The summed E-state index contributed by atoms with van der Waals surface area (Å²) in [5.41, 5.74) is 2.77. The third kappa shape index (κ3) is 2.49. The van der Waals surface area contributed by atoms with Gasteiger partial charge in [0.15, 0.2) is 0 Å². The van der Waals surface area contributed by atoms with E-state index in [9.17, 15) is 0 Å². The summed E-state index contributed by atoms with van der Waals surface area (Å²) in [6.07, 6.45) is 5.55. The van der Waals surface area contributed by atoms with Crippen LogP contribution in [0.5, 0.6) is 0 Å². The predicted molar refractivity (Wildman–Crippen MR) is 72.6 cm³/mol. The maximum atomic E-state index is 3.56. The molecule has 0 bridgehead atoms. The number of hydrogen-bond donors (Lipinski definition) is 1. The maximum absolute atomic E-state index is 3.56. The molecule has 0 aliphatic heterocycles. The Hall–Kier alpha value is -0.340. The Morgan fingerprint density at radius 2 is 2.00 bits per heavy atom. The minimum atomic E-state index is 0.536. The van der Waals surface area contributed by atoms with Crippen molar-refractivity contribution in [2.75, 3.05) is 7.05 Å². The van der Waals surface area contributed by atoms with E-state index in [1.54, 1.807) is 0 Å². The smallest absolute Gasteiger partial charge is 0.0346 e. The van der Waals surface area contributed by atoms with Gasteiger partial charge in [-0.3, -0.25) is 0 Å². The van der Waals surface area contributed by atoms with Crippen LogP contribution in [0.4, 0.5) is 0 Å². The van der Waals surface area contributed by atoms with Crippen LogP contribution in [-0.2, 0) is 0 Å². The molecule has 1 aromatic rings. The van der Waals surface area contributed by atoms with Crippen LogP contribution >= 0.6 is 15.9 Å². The van der Waals surface area contributed by atoms with E-state index >= 15 is 0 Å². The number of hydrogen-bond acceptors (Lipinski definition) is 1. The topological polar surface area (TPSA) is 12.0 Å². The molecule has 1 nitrogen and oxygen atoms in total. The van der Waals surface area contributed by atoms with Crippen LogP contribution in [-0.4, -0.2) is 7.05 Å². The van der Waals surface area contributed by atoms with Crippen LogP contribution in [0.25, 0.3) is 0 Å². The van der Waals surface area contributed by atoms with Crippen LogP contribution in [0.2, 0.25) is 0 Å². The first-order valence-corrected chi connectivity index (χ1v) is 6.95. The van der Waals surface area contributed by atoms with Gasteiger partial charge in [-0.1, -0.05) is 40.9 Å². The van der Waals surface area contributed by atoms with Crippen LogP contribution in [0.1, 0.15) is 42.9 Å². The summed E-state index contributed by atoms with van der Waals surface area (Å²) in [4.78, 5) is 0. The normalized spacial score (nSPS) is 18.9. The molecule has 1 saturated carbocycles. The molecule has 1 aromatic carbocycles. The van der Waals surface area contributed by atoms with E-state index in [2.05, 4.69) is 53.4 Å². The molecule has 1 unspecified atom stereocenters. The van der Waals surface area contributed by atoms with E-state index in [4.69, 9.17) is 0 Å². The minimum Gasteiger partial charge on any atom is -0.313 e. The van der Waals surface area contributed by atoms with E-state index in [0.717, 1.165) is 5.92 Å². The van der Waals surface area contributed by atoms with Gasteiger partial charge in [0.1, 0.15) is 0 Å². The van der Waals surface area contributed by atoms with Crippen molar-refractivity contribution in [2.45, 2.75) is 38.6 Å². The van der Waals surface area contributed by atoms with Gasteiger partial charge in [-0.25, -0.2) is 0 Å². The fraction of sp³-hybridized carbons (Fsp3) is 0.571. The van der Waals surface area contributed by atoms with E-state index in [0.29, 0.717) is 6.04 Å². The highest BCUT2D eigenvalue weighted by atomic mass is 79.9. The minimum absolute atomic E-state index is 0.536. The maximum Gasteiger partial charge on any atom is 0.0346 e. The highest BCUT2D eigenvalue weighted by Crippen LogP contribution is 2.36. The number of rotatable bonds is 3. The van der Waals surface area contributed by atoms with Gasteiger partial charge in [0.2, 0.25) is 0 Å². The summed E-state index contributed by atoms with van der Waals surface area (Å²) in [6, 6.07) is 7.26. The second-order valence-electron chi connectivity index (χ2n) is 4.82. The lowest BCUT2D eigenvalue weighted by Gasteiger charge is -2.24. The molecule has 0 aromatic heterocycles. The first-order valence-electron chi connectivity index (χ1n) is 6.15. The first kappa shape index (κ1) is 12.1. The summed E-state index contributed by atoms with van der Waals surface area (Å²) >= 11 is 3.56. The average Bonchev–Trinajstić information content (AvgIpc) is 2.78. The summed E-state index contributed by atoms with van der Waals surface area (Å²) in [5, 5.41) is 3.49. The molecular formula is C14H20BrN. The third-order valence-electron chi connectivity index (χ3n) is 3.72. The van der Waals surface area contributed by atoms with Crippen molar-refractivity contribution >= 4 is 15.9 Å². The molecule has 16 heavy (non-hydrogen) atoms. The van der Waals surface area contributed by atoms with Crippen LogP contribution < -0.4 is 5.32 Å². The van der Waals surface area contributed by atoms with Crippen molar-refractivity contribution in [3.8, 4) is 0 Å². The molecule has 1 N–H and O–H groups in total. The van der Waals surface area contributed by atoms with Crippen molar-refractivity contribution in [3.05, 3.63) is 33.8 Å². The Kier molecular flexibility index (Phi) is 4.04. The predicted octanol–water partition coefficient (Wildman–Crippen LogP) is 4.21. The molecule has 0 radical (unpaired) electrons. The standard InChI is InChI=1S/C14H20BrN/c1-10-9-12(7-8-13(10)15)14(16-2)11-5-3-4-6-11/h7-9,11,14,16H,3-6H2,1-2H3. The van der Waals surface area contributed by atoms with E-state index < -0.39 is 0 Å². The van der Waals surface area contributed by atoms with Crippen LogP contribution in [0.3, 0.4) is 0 Å². The molecule has 0 amide bonds. The van der Waals surface area contributed by atoms with Crippen LogP contribution in [0.15, 0.2) is 22.7 Å². The zero-order valence-electron chi connectivity index (χ0n) is 10.1. The molecule has 0 spiro atoms. The van der Waals surface area contributed by atoms with E-state index in [1.807, 2.05) is 0 Å². The van der Waals surface area contributed by atoms with Gasteiger partial charge >= 0.3 is 0 Å². The molecule has 0 heterocycles. The summed E-state index contributed by atoms with van der Waals surface area (Å²) in [5.74, 6) is 0.825. The number of nitrogens with one attached hydrogen (secondary N) is 1. The Morgan fingerprint density at radius 1 is 1.31 bits per heavy atom. The van der Waals surface area contributed by atoms with Crippen molar-refractivity contribution in [3.63, 3.8) is 0 Å². The molecule has 88 valence electrons. The molecule has 2 heteroatoms. The van der Waals surface area contributed by atoms with Gasteiger partial charge < -0.3 is 5.32 Å². The monoisotopic (exact) mass is 281 g/mol. The van der Waals surface area contributed by atoms with Crippen molar-refractivity contribution in [2.24, 2.45) is 5.92 Å². The van der Waals surface area contributed by atoms with Crippen molar-refractivity contribution in [1.29, 1.82) is 0 Å². The van der Waals surface area contributed by atoms with Crippen molar-refractivity contribution < 1.29 is 0 Å². The molecule has 1 aliphatic rings. The first-order chi connectivity index (χ1) is 7.72. The lowest BCUT2D eigenvalue weighted by Crippen LogP contribution is -2.23. The van der Waals surface area contributed by atoms with Gasteiger partial charge in [0.25, 0.3) is 0 Å². The zero-order chi connectivity index (χ0) is 11.5. The lowest BCUT2D eigenvalue weighted by atomic mass is 9.91. The quantitative estimate of drug-likeness (QED) is 0.875. The van der Waals surface area contributed by atoms with E-state index in [1.165, 1.54) is 41.3 Å². The highest BCUT2D eigenvalue weighted by Gasteiger charge is 2.25. The summed E-state index contributed by atoms with van der Waals surface area (Å²) in [7, 11) is 2.08. The zero-order valence-corrected chi connectivity index (χ0v) is 11.7. The molecular weight excluding hydrogens is 262 g/mol. The summed E-state index contributed by atoms with van der Waals surface area (Å²) in [6.45, 7) is 2.16. The molecule has 0 saturated heterocycles. The Balaban J connectivity index is 2.22. The fourth-order valence-electron chi connectivity index (χ4n) is 2.83. The number of halogens is 1. The largest absolute Gasteiger partial charge is 0.313 e. The highest BCUT2D eigenvalue weighted by molar-refractivity contribution is 9.10. The van der Waals surface area contributed by atoms with Crippen LogP contribution in [0, 0.1) is 12.8 Å². The summed E-state index contributed by atoms with van der Waals surface area (Å²) < 4.78 is 1.21. The SMILES string of the molecule is CNC(c1ccc(Br)c(C)c1)C1CCCC1. The lowest BCUT2D eigenvalue weighted by molar-refractivity contribution is 0.390. The van der Waals surface area contributed by atoms with Gasteiger partial charge in [-0.05, 0) is 49.9 Å². The van der Waals surface area contributed by atoms with Gasteiger partial charge in [-0.2, -0.15) is 0 Å². The number of aryl methyl sites for hydroxylation is 1. The Bertz CT molecular complexity index is 356. The molecule has 1 atom stereocenters.